The van der Waals surface area contributed by atoms with Crippen LogP contribution < -0.4 is 0 Å². The smallest absolute Gasteiger partial charge is 0.328 e. The van der Waals surface area contributed by atoms with Gasteiger partial charge in [-0.1, -0.05) is 0 Å². The first kappa shape index (κ1) is 11.9. The van der Waals surface area contributed by atoms with Crippen LogP contribution in [0.3, 0.4) is 0 Å². The van der Waals surface area contributed by atoms with Crippen LogP contribution in [0.2, 0.25) is 0 Å². The maximum absolute atomic E-state index is 10.6. The molecule has 0 aromatic carbocycles. The van der Waals surface area contributed by atoms with Crippen LogP contribution in [0.5, 0.6) is 0 Å². The minimum atomic E-state index is -1.03. The van der Waals surface area contributed by atoms with Gasteiger partial charge in [0.1, 0.15) is 6.61 Å². The number of carboxylic acid groups (broad SMARTS) is 1. The van der Waals surface area contributed by atoms with Crippen LogP contribution in [0, 0.1) is 0 Å². The molecule has 0 fully saturated rings. The molecule has 0 aliphatic rings. The Bertz CT molecular complexity index is 426. The fourth-order valence-corrected chi connectivity index (χ4v) is 1.06. The third kappa shape index (κ3) is 3.91. The number of carbonyl (C=O) groups excluding carboxylic acids is 1. The van der Waals surface area contributed by atoms with Crippen LogP contribution in [0.15, 0.2) is 24.5 Å². The van der Waals surface area contributed by atoms with Crippen molar-refractivity contribution in [2.24, 2.45) is 0 Å². The molecule has 0 bridgehead atoms. The lowest BCUT2D eigenvalue weighted by atomic mass is 10.1. The van der Waals surface area contributed by atoms with E-state index in [-0.39, 0.29) is 6.61 Å². The quantitative estimate of drug-likeness (QED) is 0.611. The van der Waals surface area contributed by atoms with E-state index in [9.17, 15) is 9.59 Å². The molecule has 84 valence electrons. The van der Waals surface area contributed by atoms with E-state index >= 15 is 0 Å². The van der Waals surface area contributed by atoms with Crippen molar-refractivity contribution in [2.75, 3.05) is 0 Å². The first-order valence-electron chi connectivity index (χ1n) is 4.57. The molecule has 0 saturated heterocycles. The zero-order chi connectivity index (χ0) is 12.0. The summed E-state index contributed by atoms with van der Waals surface area (Å²) in [5.74, 6) is -1.42. The Morgan fingerprint density at radius 3 is 2.94 bits per heavy atom. The van der Waals surface area contributed by atoms with Crippen LogP contribution in [-0.2, 0) is 20.9 Å². The van der Waals surface area contributed by atoms with Crippen LogP contribution in [0.4, 0.5) is 0 Å². The highest BCUT2D eigenvalue weighted by Gasteiger charge is 2.02. The van der Waals surface area contributed by atoms with E-state index < -0.39 is 11.9 Å². The minimum Gasteiger partial charge on any atom is -0.478 e. The van der Waals surface area contributed by atoms with Gasteiger partial charge in [-0.05, 0) is 17.7 Å². The van der Waals surface area contributed by atoms with E-state index in [1.165, 1.54) is 19.2 Å². The summed E-state index contributed by atoms with van der Waals surface area (Å²) in [5.41, 5.74) is 1.33. The molecular weight excluding hydrogens is 210 g/mol. The highest BCUT2D eigenvalue weighted by Crippen LogP contribution is 2.10. The summed E-state index contributed by atoms with van der Waals surface area (Å²) >= 11 is 0. The van der Waals surface area contributed by atoms with Crippen molar-refractivity contribution in [2.45, 2.75) is 13.5 Å². The van der Waals surface area contributed by atoms with Crippen molar-refractivity contribution >= 4 is 18.0 Å². The van der Waals surface area contributed by atoms with Crippen LogP contribution in [0.1, 0.15) is 18.1 Å². The summed E-state index contributed by atoms with van der Waals surface area (Å²) in [4.78, 5) is 24.9. The van der Waals surface area contributed by atoms with Gasteiger partial charge in [0, 0.05) is 31.0 Å². The van der Waals surface area contributed by atoms with Crippen molar-refractivity contribution in [3.63, 3.8) is 0 Å². The summed E-state index contributed by atoms with van der Waals surface area (Å²) < 4.78 is 4.82. The molecule has 0 saturated carbocycles. The van der Waals surface area contributed by atoms with Gasteiger partial charge in [-0.3, -0.25) is 9.78 Å². The topological polar surface area (TPSA) is 76.5 Å². The number of carboxylic acids is 1. The standard InChI is InChI=1S/C11H11NO4/c1-8(13)16-7-10-6-12-5-4-9(10)2-3-11(14)15/h2-6H,7H2,1H3,(H,14,15). The van der Waals surface area contributed by atoms with Gasteiger partial charge >= 0.3 is 11.9 Å². The SMILES string of the molecule is CC(=O)OCc1cnccc1C=CC(=O)O. The monoisotopic (exact) mass is 221 g/mol. The molecule has 0 spiro atoms. The fraction of sp³-hybridized carbons (Fsp3) is 0.182. The highest BCUT2D eigenvalue weighted by molar-refractivity contribution is 5.85. The lowest BCUT2D eigenvalue weighted by molar-refractivity contribution is -0.142. The molecule has 0 aliphatic carbocycles. The molecule has 0 unspecified atom stereocenters. The molecule has 1 aromatic heterocycles. The maximum atomic E-state index is 10.6. The normalized spacial score (nSPS) is 10.3. The predicted molar refractivity (Wildman–Crippen MR) is 56.4 cm³/mol. The van der Waals surface area contributed by atoms with Crippen molar-refractivity contribution in [3.05, 3.63) is 35.7 Å². The molecule has 16 heavy (non-hydrogen) atoms. The second-order valence-corrected chi connectivity index (χ2v) is 3.03. The molecule has 0 atom stereocenters. The number of ether oxygens (including phenoxy) is 1. The lowest BCUT2D eigenvalue weighted by Gasteiger charge is -2.04. The van der Waals surface area contributed by atoms with E-state index in [2.05, 4.69) is 4.98 Å². The zero-order valence-corrected chi connectivity index (χ0v) is 8.71. The highest BCUT2D eigenvalue weighted by atomic mass is 16.5. The number of pyridine rings is 1. The number of aliphatic carboxylic acids is 1. The number of hydrogen-bond acceptors (Lipinski definition) is 4. The van der Waals surface area contributed by atoms with Gasteiger partial charge in [0.2, 0.25) is 0 Å². The second-order valence-electron chi connectivity index (χ2n) is 3.03. The van der Waals surface area contributed by atoms with Gasteiger partial charge in [-0.15, -0.1) is 0 Å². The van der Waals surface area contributed by atoms with Crippen molar-refractivity contribution in [1.82, 2.24) is 4.98 Å². The number of rotatable bonds is 4. The zero-order valence-electron chi connectivity index (χ0n) is 8.71. The van der Waals surface area contributed by atoms with E-state index in [0.29, 0.717) is 11.1 Å². The molecule has 1 heterocycles. The number of hydrogen-bond donors (Lipinski definition) is 1. The summed E-state index contributed by atoms with van der Waals surface area (Å²) in [6.45, 7) is 1.39. The van der Waals surface area contributed by atoms with Crippen LogP contribution in [-0.4, -0.2) is 22.0 Å². The van der Waals surface area contributed by atoms with Crippen molar-refractivity contribution in [3.8, 4) is 0 Å². The molecule has 1 rings (SSSR count). The molecule has 0 radical (unpaired) electrons. The third-order valence-electron chi connectivity index (χ3n) is 1.78. The summed E-state index contributed by atoms with van der Waals surface area (Å²) in [6, 6.07) is 1.65. The average Bonchev–Trinajstić information content (AvgIpc) is 2.24. The minimum absolute atomic E-state index is 0.0858. The predicted octanol–water partition coefficient (Wildman–Crippen LogP) is 1.24. The van der Waals surface area contributed by atoms with Gasteiger partial charge in [-0.25, -0.2) is 4.79 Å². The molecular formula is C11H11NO4. The second kappa shape index (κ2) is 5.65. The first-order chi connectivity index (χ1) is 7.59. The summed E-state index contributed by atoms with van der Waals surface area (Å²) in [6.07, 6.45) is 5.53. The summed E-state index contributed by atoms with van der Waals surface area (Å²) in [7, 11) is 0. The van der Waals surface area contributed by atoms with Crippen LogP contribution in [0.25, 0.3) is 6.08 Å². The Labute approximate surface area is 92.4 Å². The van der Waals surface area contributed by atoms with Gasteiger partial charge in [0.25, 0.3) is 0 Å². The third-order valence-corrected chi connectivity index (χ3v) is 1.78. The van der Waals surface area contributed by atoms with Gasteiger partial charge < -0.3 is 9.84 Å². The van der Waals surface area contributed by atoms with Crippen LogP contribution >= 0.6 is 0 Å². The van der Waals surface area contributed by atoms with E-state index in [1.807, 2.05) is 0 Å². The van der Waals surface area contributed by atoms with Gasteiger partial charge in [-0.2, -0.15) is 0 Å². The molecule has 0 amide bonds. The van der Waals surface area contributed by atoms with E-state index in [4.69, 9.17) is 9.84 Å². The Morgan fingerprint density at radius 2 is 2.31 bits per heavy atom. The van der Waals surface area contributed by atoms with E-state index in [0.717, 1.165) is 6.08 Å². The van der Waals surface area contributed by atoms with Crippen molar-refractivity contribution in [1.29, 1.82) is 0 Å². The van der Waals surface area contributed by atoms with Gasteiger partial charge in [0.05, 0.1) is 0 Å². The fourth-order valence-electron chi connectivity index (χ4n) is 1.06. The first-order valence-corrected chi connectivity index (χ1v) is 4.57. The Balaban J connectivity index is 2.83. The molecule has 1 N–H and O–H groups in total. The van der Waals surface area contributed by atoms with E-state index in [1.54, 1.807) is 12.3 Å². The molecule has 5 nitrogen and oxygen atoms in total. The Kier molecular flexibility index (Phi) is 4.20. The summed E-state index contributed by atoms with van der Waals surface area (Å²) in [5, 5.41) is 8.50. The molecule has 0 aliphatic heterocycles. The van der Waals surface area contributed by atoms with Gasteiger partial charge in [0.15, 0.2) is 0 Å². The Morgan fingerprint density at radius 1 is 1.56 bits per heavy atom. The van der Waals surface area contributed by atoms with Crippen molar-refractivity contribution < 1.29 is 19.4 Å². The average molecular weight is 221 g/mol. The number of esters is 1. The lowest BCUT2D eigenvalue weighted by Crippen LogP contribution is -2.01. The number of nitrogens with zero attached hydrogens (tertiary/aromatic N) is 1. The maximum Gasteiger partial charge on any atom is 0.328 e. The number of aromatic nitrogens is 1. The molecule has 1 aromatic rings. The number of carbonyl (C=O) groups is 2. The molecule has 5 heteroatoms. The largest absolute Gasteiger partial charge is 0.478 e. The Hall–Kier alpha value is -2.17.